The summed E-state index contributed by atoms with van der Waals surface area (Å²) in [7, 11) is 6.12. The zero-order valence-corrected chi connectivity index (χ0v) is 22.3. The van der Waals surface area contributed by atoms with E-state index in [9.17, 15) is 0 Å². The van der Waals surface area contributed by atoms with Crippen molar-refractivity contribution in [3.05, 3.63) is 60.0 Å². The molecule has 0 atom stereocenters. The summed E-state index contributed by atoms with van der Waals surface area (Å²) in [4.78, 5) is 14.1. The SMILES string of the molecule is Cc1cccc(-c2cnn(-c3nc(N4CCOCC4)c4oc(-c5cc(CCN(C)C)n(C)n5)cc4n3)c2)c1. The molecule has 0 unspecified atom stereocenters. The van der Waals surface area contributed by atoms with Gasteiger partial charge in [-0.25, -0.2) is 9.67 Å². The molecular formula is C28H32N8O2. The second-order valence-corrected chi connectivity index (χ2v) is 10.0. The third-order valence-electron chi connectivity index (χ3n) is 6.84. The highest BCUT2D eigenvalue weighted by atomic mass is 16.5. The number of rotatable bonds is 7. The molecule has 38 heavy (non-hydrogen) atoms. The maximum Gasteiger partial charge on any atom is 0.253 e. The first-order valence-corrected chi connectivity index (χ1v) is 12.9. The molecule has 1 aliphatic heterocycles. The van der Waals surface area contributed by atoms with Crippen LogP contribution in [0.15, 0.2) is 53.2 Å². The molecule has 196 valence electrons. The Hall–Kier alpha value is -4.02. The molecule has 4 aromatic heterocycles. The van der Waals surface area contributed by atoms with Crippen molar-refractivity contribution in [2.45, 2.75) is 13.3 Å². The lowest BCUT2D eigenvalue weighted by Gasteiger charge is -2.27. The molecule has 5 heterocycles. The summed E-state index contributed by atoms with van der Waals surface area (Å²) in [5, 5.41) is 9.32. The first kappa shape index (κ1) is 24.3. The molecule has 1 aromatic carbocycles. The van der Waals surface area contributed by atoms with E-state index in [1.165, 1.54) is 5.56 Å². The highest BCUT2D eigenvalue weighted by Crippen LogP contribution is 2.33. The third kappa shape index (κ3) is 4.80. The summed E-state index contributed by atoms with van der Waals surface area (Å²) in [6, 6.07) is 12.4. The molecule has 1 saturated heterocycles. The van der Waals surface area contributed by atoms with Gasteiger partial charge in [0.25, 0.3) is 5.95 Å². The fourth-order valence-corrected chi connectivity index (χ4v) is 4.73. The van der Waals surface area contributed by atoms with Gasteiger partial charge in [0.1, 0.15) is 11.2 Å². The van der Waals surface area contributed by atoms with E-state index in [4.69, 9.17) is 24.2 Å². The molecule has 10 heteroatoms. The van der Waals surface area contributed by atoms with Gasteiger partial charge in [0.2, 0.25) is 0 Å². The number of nitrogens with zero attached hydrogens (tertiary/aromatic N) is 8. The summed E-state index contributed by atoms with van der Waals surface area (Å²) < 4.78 is 15.6. The van der Waals surface area contributed by atoms with E-state index in [0.717, 1.165) is 59.9 Å². The van der Waals surface area contributed by atoms with Gasteiger partial charge in [-0.3, -0.25) is 4.68 Å². The van der Waals surface area contributed by atoms with Gasteiger partial charge >= 0.3 is 0 Å². The van der Waals surface area contributed by atoms with Crippen molar-refractivity contribution >= 4 is 16.9 Å². The summed E-state index contributed by atoms with van der Waals surface area (Å²) in [6.07, 6.45) is 4.72. The van der Waals surface area contributed by atoms with Gasteiger partial charge in [0.15, 0.2) is 17.2 Å². The van der Waals surface area contributed by atoms with Crippen molar-refractivity contribution < 1.29 is 9.15 Å². The Morgan fingerprint density at radius 1 is 1.03 bits per heavy atom. The van der Waals surface area contributed by atoms with E-state index >= 15 is 0 Å². The summed E-state index contributed by atoms with van der Waals surface area (Å²) in [5.74, 6) is 1.92. The largest absolute Gasteiger partial charge is 0.449 e. The molecule has 0 amide bonds. The predicted molar refractivity (Wildman–Crippen MR) is 147 cm³/mol. The number of aryl methyl sites for hydroxylation is 2. The minimum atomic E-state index is 0.498. The second-order valence-electron chi connectivity index (χ2n) is 10.0. The molecule has 1 fully saturated rings. The Labute approximate surface area is 221 Å². The number of hydrogen-bond acceptors (Lipinski definition) is 8. The molecule has 0 saturated carbocycles. The Balaban J connectivity index is 1.41. The van der Waals surface area contributed by atoms with Crippen molar-refractivity contribution in [3.63, 3.8) is 0 Å². The van der Waals surface area contributed by atoms with Gasteiger partial charge in [-0.05, 0) is 32.6 Å². The number of morpholine rings is 1. The van der Waals surface area contributed by atoms with Crippen LogP contribution in [0.5, 0.6) is 0 Å². The molecule has 0 bridgehead atoms. The number of fused-ring (bicyclic) bond motifs is 1. The van der Waals surface area contributed by atoms with Crippen LogP contribution >= 0.6 is 0 Å². The van der Waals surface area contributed by atoms with Gasteiger partial charge in [0, 0.05) is 56.6 Å². The molecule has 0 aliphatic carbocycles. The summed E-state index contributed by atoms with van der Waals surface area (Å²) in [6.45, 7) is 5.78. The number of furan rings is 1. The van der Waals surface area contributed by atoms with Crippen molar-refractivity contribution in [2.75, 3.05) is 51.8 Å². The number of hydrogen-bond donors (Lipinski definition) is 0. The van der Waals surface area contributed by atoms with Gasteiger partial charge in [-0.15, -0.1) is 0 Å². The molecule has 0 radical (unpaired) electrons. The first-order chi connectivity index (χ1) is 18.4. The standard InChI is InChI=1S/C28H32N8O2/c1-19-6-5-7-20(14-19)21-17-29-36(18-21)28-30-24-16-25(23-15-22(34(4)32-23)8-9-33(2)3)38-26(24)27(31-28)35-10-12-37-13-11-35/h5-7,14-18H,8-13H2,1-4H3. The molecule has 0 spiro atoms. The Morgan fingerprint density at radius 3 is 2.66 bits per heavy atom. The molecule has 1 aliphatic rings. The normalized spacial score (nSPS) is 14.2. The summed E-state index contributed by atoms with van der Waals surface area (Å²) in [5.41, 5.74) is 6.63. The topological polar surface area (TPSA) is 90.3 Å². The van der Waals surface area contributed by atoms with Gasteiger partial charge < -0.3 is 19.0 Å². The van der Waals surface area contributed by atoms with Crippen LogP contribution in [-0.4, -0.2) is 81.4 Å². The van der Waals surface area contributed by atoms with E-state index in [1.807, 2.05) is 30.2 Å². The van der Waals surface area contributed by atoms with Gasteiger partial charge in [0.05, 0.1) is 19.4 Å². The lowest BCUT2D eigenvalue weighted by Crippen LogP contribution is -2.37. The fraction of sp³-hybridized carbons (Fsp3) is 0.357. The van der Waals surface area contributed by atoms with E-state index < -0.39 is 0 Å². The lowest BCUT2D eigenvalue weighted by molar-refractivity contribution is 0.122. The van der Waals surface area contributed by atoms with Crippen molar-refractivity contribution in [2.24, 2.45) is 7.05 Å². The third-order valence-corrected chi connectivity index (χ3v) is 6.84. The lowest BCUT2D eigenvalue weighted by atomic mass is 10.1. The van der Waals surface area contributed by atoms with Crippen LogP contribution in [0.3, 0.4) is 0 Å². The monoisotopic (exact) mass is 512 g/mol. The van der Waals surface area contributed by atoms with E-state index in [0.29, 0.717) is 30.5 Å². The number of anilines is 1. The van der Waals surface area contributed by atoms with E-state index in [2.05, 4.69) is 66.2 Å². The van der Waals surface area contributed by atoms with E-state index in [1.54, 1.807) is 4.68 Å². The summed E-state index contributed by atoms with van der Waals surface area (Å²) >= 11 is 0. The molecule has 5 aromatic rings. The highest BCUT2D eigenvalue weighted by Gasteiger charge is 2.23. The number of likely N-dealkylation sites (N-methyl/N-ethyl adjacent to an activating group) is 1. The van der Waals surface area contributed by atoms with Crippen molar-refractivity contribution in [1.82, 2.24) is 34.4 Å². The Bertz CT molecular complexity index is 1580. The average molecular weight is 513 g/mol. The quantitative estimate of drug-likeness (QED) is 0.326. The van der Waals surface area contributed by atoms with Gasteiger partial charge in [-0.1, -0.05) is 29.8 Å². The highest BCUT2D eigenvalue weighted by molar-refractivity contribution is 5.88. The van der Waals surface area contributed by atoms with Crippen LogP contribution < -0.4 is 4.90 Å². The molecular weight excluding hydrogens is 480 g/mol. The average Bonchev–Trinajstić information content (AvgIpc) is 3.65. The molecule has 0 N–H and O–H groups in total. The van der Waals surface area contributed by atoms with Crippen LogP contribution in [0.2, 0.25) is 0 Å². The molecule has 10 nitrogen and oxygen atoms in total. The minimum absolute atomic E-state index is 0.498. The number of aromatic nitrogens is 6. The van der Waals surface area contributed by atoms with Crippen LogP contribution in [-0.2, 0) is 18.2 Å². The van der Waals surface area contributed by atoms with Crippen LogP contribution in [0.25, 0.3) is 39.6 Å². The molecule has 6 rings (SSSR count). The van der Waals surface area contributed by atoms with Crippen molar-refractivity contribution in [1.29, 1.82) is 0 Å². The van der Waals surface area contributed by atoms with Crippen molar-refractivity contribution in [3.8, 4) is 28.5 Å². The Kier molecular flexibility index (Phi) is 6.42. The minimum Gasteiger partial charge on any atom is -0.449 e. The first-order valence-electron chi connectivity index (χ1n) is 12.9. The zero-order chi connectivity index (χ0) is 26.2. The van der Waals surface area contributed by atoms with Crippen LogP contribution in [0, 0.1) is 6.92 Å². The smallest absolute Gasteiger partial charge is 0.253 e. The maximum atomic E-state index is 6.39. The zero-order valence-electron chi connectivity index (χ0n) is 22.3. The second kappa shape index (κ2) is 10.0. The number of ether oxygens (including phenoxy) is 1. The van der Waals surface area contributed by atoms with Gasteiger partial charge in [-0.2, -0.15) is 15.2 Å². The fourth-order valence-electron chi connectivity index (χ4n) is 4.73. The Morgan fingerprint density at radius 2 is 1.87 bits per heavy atom. The predicted octanol–water partition coefficient (Wildman–Crippen LogP) is 3.73. The van der Waals surface area contributed by atoms with Crippen LogP contribution in [0.1, 0.15) is 11.3 Å². The number of benzene rings is 1. The maximum absolute atomic E-state index is 6.39. The van der Waals surface area contributed by atoms with Crippen LogP contribution in [0.4, 0.5) is 5.82 Å². The van der Waals surface area contributed by atoms with E-state index in [-0.39, 0.29) is 0 Å².